The largest absolute Gasteiger partial charge is 0.365 e. The first kappa shape index (κ1) is 17.2. The van der Waals surface area contributed by atoms with Gasteiger partial charge in [-0.3, -0.25) is 4.68 Å². The van der Waals surface area contributed by atoms with E-state index in [0.29, 0.717) is 26.2 Å². The van der Waals surface area contributed by atoms with Crippen molar-refractivity contribution < 1.29 is 9.53 Å². The number of H-pyrrole nitrogens is 1. The van der Waals surface area contributed by atoms with Crippen molar-refractivity contribution in [2.45, 2.75) is 32.4 Å². The highest BCUT2D eigenvalue weighted by atomic mass is 16.5. The third-order valence-corrected chi connectivity index (χ3v) is 5.81. The predicted molar refractivity (Wildman–Crippen MR) is 105 cm³/mol. The number of urea groups is 1. The van der Waals surface area contributed by atoms with Gasteiger partial charge in [0.15, 0.2) is 0 Å². The fourth-order valence-electron chi connectivity index (χ4n) is 4.32. The molecule has 146 valence electrons. The third-order valence-electron chi connectivity index (χ3n) is 5.81. The van der Waals surface area contributed by atoms with Crippen LogP contribution in [-0.2, 0) is 16.9 Å². The average Bonchev–Trinajstić information content (AvgIpc) is 3.41. The smallest absolute Gasteiger partial charge is 0.317 e. The van der Waals surface area contributed by atoms with Gasteiger partial charge >= 0.3 is 6.03 Å². The third kappa shape index (κ3) is 2.59. The van der Waals surface area contributed by atoms with Gasteiger partial charge in [0.1, 0.15) is 11.2 Å². The van der Waals surface area contributed by atoms with E-state index >= 15 is 0 Å². The lowest BCUT2D eigenvalue weighted by atomic mass is 9.96. The van der Waals surface area contributed by atoms with Crippen LogP contribution in [0.2, 0.25) is 0 Å². The number of likely N-dealkylation sites (tertiary alicyclic amines) is 1. The van der Waals surface area contributed by atoms with E-state index in [4.69, 9.17) is 9.84 Å². The maximum Gasteiger partial charge on any atom is 0.317 e. The number of pyridine rings is 1. The summed E-state index contributed by atoms with van der Waals surface area (Å²) >= 11 is 0. The highest BCUT2D eigenvalue weighted by Crippen LogP contribution is 2.40. The van der Waals surface area contributed by atoms with E-state index in [2.05, 4.69) is 34.3 Å². The van der Waals surface area contributed by atoms with E-state index in [1.54, 1.807) is 0 Å². The molecule has 1 spiro atoms. The van der Waals surface area contributed by atoms with Gasteiger partial charge in [-0.1, -0.05) is 0 Å². The molecule has 2 aliphatic rings. The minimum atomic E-state index is -0.476. The van der Waals surface area contributed by atoms with Gasteiger partial charge in [-0.15, -0.1) is 0 Å². The molecule has 3 aromatic rings. The second-order valence-electron chi connectivity index (χ2n) is 7.58. The number of aromatic amines is 1. The Bertz CT molecular complexity index is 1050. The van der Waals surface area contributed by atoms with Crippen molar-refractivity contribution in [2.75, 3.05) is 26.2 Å². The average molecular weight is 380 g/mol. The van der Waals surface area contributed by atoms with Gasteiger partial charge < -0.3 is 19.9 Å². The molecule has 0 saturated carbocycles. The van der Waals surface area contributed by atoms with Crippen molar-refractivity contribution in [2.24, 2.45) is 0 Å². The standard InChI is InChI=1S/C20H24N6O2/c1-3-21-19(27)25-5-4-20(12-25)17-9-16(24-26(17)6-7-28-20)14-8-15-13(2)10-22-18(15)23-11-14/h8-11H,3-7,12H2,1-2H3,(H,21,27)(H,22,23). The van der Waals surface area contributed by atoms with Crippen molar-refractivity contribution in [1.82, 2.24) is 30.0 Å². The lowest BCUT2D eigenvalue weighted by Crippen LogP contribution is -2.44. The number of ether oxygens (including phenoxy) is 1. The maximum atomic E-state index is 12.3. The van der Waals surface area contributed by atoms with Gasteiger partial charge in [0.05, 0.1) is 31.1 Å². The summed E-state index contributed by atoms with van der Waals surface area (Å²) in [6.07, 6.45) is 4.61. The summed E-state index contributed by atoms with van der Waals surface area (Å²) in [5.74, 6) is 0. The Labute approximate surface area is 162 Å². The second-order valence-corrected chi connectivity index (χ2v) is 7.58. The van der Waals surface area contributed by atoms with Gasteiger partial charge in [-0.05, 0) is 31.5 Å². The number of nitrogens with one attached hydrogen (secondary N) is 2. The maximum absolute atomic E-state index is 12.3. The van der Waals surface area contributed by atoms with Crippen LogP contribution in [0.5, 0.6) is 0 Å². The molecule has 5 heterocycles. The number of amides is 2. The molecule has 1 atom stereocenters. The van der Waals surface area contributed by atoms with E-state index in [-0.39, 0.29) is 6.03 Å². The Kier molecular flexibility index (Phi) is 3.90. The number of aryl methyl sites for hydroxylation is 1. The Balaban J connectivity index is 1.50. The number of rotatable bonds is 2. The van der Waals surface area contributed by atoms with Crippen LogP contribution < -0.4 is 5.32 Å². The highest BCUT2D eigenvalue weighted by Gasteiger charge is 2.46. The van der Waals surface area contributed by atoms with Crippen LogP contribution in [0.25, 0.3) is 22.3 Å². The molecule has 5 rings (SSSR count). The van der Waals surface area contributed by atoms with E-state index in [1.165, 1.54) is 5.56 Å². The normalized spacial score (nSPS) is 21.4. The molecule has 1 fully saturated rings. The van der Waals surface area contributed by atoms with Gasteiger partial charge in [0.2, 0.25) is 0 Å². The van der Waals surface area contributed by atoms with Crippen LogP contribution >= 0.6 is 0 Å². The number of hydrogen-bond acceptors (Lipinski definition) is 4. The summed E-state index contributed by atoms with van der Waals surface area (Å²) in [6, 6.07) is 4.20. The monoisotopic (exact) mass is 380 g/mol. The van der Waals surface area contributed by atoms with Gasteiger partial charge in [-0.2, -0.15) is 5.10 Å². The van der Waals surface area contributed by atoms with E-state index in [9.17, 15) is 4.79 Å². The number of nitrogens with zero attached hydrogens (tertiary/aromatic N) is 4. The van der Waals surface area contributed by atoms with Gasteiger partial charge in [0, 0.05) is 42.9 Å². The quantitative estimate of drug-likeness (QED) is 0.715. The molecular formula is C20H24N6O2. The zero-order valence-electron chi connectivity index (χ0n) is 16.2. The summed E-state index contributed by atoms with van der Waals surface area (Å²) in [7, 11) is 0. The second kappa shape index (κ2) is 6.34. The number of fused-ring (bicyclic) bond motifs is 3. The van der Waals surface area contributed by atoms with Crippen molar-refractivity contribution in [1.29, 1.82) is 0 Å². The number of carbonyl (C=O) groups is 1. The number of aromatic nitrogens is 4. The zero-order valence-corrected chi connectivity index (χ0v) is 16.2. The van der Waals surface area contributed by atoms with E-state index < -0.39 is 5.60 Å². The van der Waals surface area contributed by atoms with Crippen molar-refractivity contribution in [3.63, 3.8) is 0 Å². The molecule has 2 aliphatic heterocycles. The predicted octanol–water partition coefficient (Wildman–Crippen LogP) is 2.40. The molecule has 0 aromatic carbocycles. The molecule has 0 radical (unpaired) electrons. The molecule has 8 nitrogen and oxygen atoms in total. The van der Waals surface area contributed by atoms with Crippen molar-refractivity contribution in [3.05, 3.63) is 35.8 Å². The number of carbonyl (C=O) groups excluding carboxylic acids is 1. The van der Waals surface area contributed by atoms with Crippen LogP contribution in [0, 0.1) is 6.92 Å². The molecule has 0 aliphatic carbocycles. The fourth-order valence-corrected chi connectivity index (χ4v) is 4.32. The summed E-state index contributed by atoms with van der Waals surface area (Å²) in [6.45, 7) is 7.18. The molecular weight excluding hydrogens is 356 g/mol. The molecule has 1 unspecified atom stereocenters. The van der Waals surface area contributed by atoms with Crippen LogP contribution in [0.1, 0.15) is 24.6 Å². The molecule has 2 amide bonds. The lowest BCUT2D eigenvalue weighted by molar-refractivity contribution is -0.0701. The fraction of sp³-hybridized carbons (Fsp3) is 0.450. The SMILES string of the molecule is CCNC(=O)N1CCC2(C1)OCCn1nc(-c3cnc4[nH]cc(C)c4c3)cc12. The first-order valence-corrected chi connectivity index (χ1v) is 9.79. The summed E-state index contributed by atoms with van der Waals surface area (Å²) < 4.78 is 8.27. The Morgan fingerprint density at radius 2 is 2.29 bits per heavy atom. The molecule has 0 bridgehead atoms. The molecule has 28 heavy (non-hydrogen) atoms. The van der Waals surface area contributed by atoms with E-state index in [0.717, 1.165) is 41.0 Å². The Hall–Kier alpha value is -2.87. The lowest BCUT2D eigenvalue weighted by Gasteiger charge is -2.34. The first-order valence-electron chi connectivity index (χ1n) is 9.79. The van der Waals surface area contributed by atoms with Crippen LogP contribution in [0.15, 0.2) is 24.5 Å². The van der Waals surface area contributed by atoms with Crippen molar-refractivity contribution in [3.8, 4) is 11.3 Å². The van der Waals surface area contributed by atoms with Crippen molar-refractivity contribution >= 4 is 17.1 Å². The zero-order chi connectivity index (χ0) is 19.3. The van der Waals surface area contributed by atoms with Gasteiger partial charge in [-0.25, -0.2) is 9.78 Å². The number of hydrogen-bond donors (Lipinski definition) is 2. The molecule has 2 N–H and O–H groups in total. The minimum Gasteiger partial charge on any atom is -0.365 e. The summed E-state index contributed by atoms with van der Waals surface area (Å²) in [5.41, 5.74) is 4.51. The van der Waals surface area contributed by atoms with Crippen LogP contribution in [0.3, 0.4) is 0 Å². The highest BCUT2D eigenvalue weighted by molar-refractivity contribution is 5.83. The first-order chi connectivity index (χ1) is 13.6. The Morgan fingerprint density at radius 3 is 3.14 bits per heavy atom. The molecule has 1 saturated heterocycles. The van der Waals surface area contributed by atoms with E-state index in [1.807, 2.05) is 28.9 Å². The topological polar surface area (TPSA) is 88.1 Å². The minimum absolute atomic E-state index is 0.0302. The summed E-state index contributed by atoms with van der Waals surface area (Å²) in [5, 5.41) is 8.83. The van der Waals surface area contributed by atoms with Crippen LogP contribution in [0.4, 0.5) is 4.79 Å². The van der Waals surface area contributed by atoms with Crippen LogP contribution in [-0.4, -0.2) is 56.9 Å². The van der Waals surface area contributed by atoms with Gasteiger partial charge in [0.25, 0.3) is 0 Å². The molecule has 3 aromatic heterocycles. The molecule has 8 heteroatoms. The summed E-state index contributed by atoms with van der Waals surface area (Å²) in [4.78, 5) is 21.8. The Morgan fingerprint density at radius 1 is 1.39 bits per heavy atom.